The van der Waals surface area contributed by atoms with Gasteiger partial charge in [-0.3, -0.25) is 23.9 Å². The number of rotatable bonds is 6. The molecule has 29 heavy (non-hydrogen) atoms. The molecule has 0 amide bonds. The second-order valence-corrected chi connectivity index (χ2v) is 9.35. The largest absolute Gasteiger partial charge is 0.463 e. The zero-order valence-corrected chi connectivity index (χ0v) is 17.7. The lowest BCUT2D eigenvalue weighted by atomic mass is 9.93. The lowest BCUT2D eigenvalue weighted by Crippen LogP contribution is -2.54. The molecule has 160 valence electrons. The van der Waals surface area contributed by atoms with Crippen LogP contribution in [-0.2, 0) is 23.8 Å². The van der Waals surface area contributed by atoms with Gasteiger partial charge in [-0.05, 0) is 12.2 Å². The van der Waals surface area contributed by atoms with Gasteiger partial charge in [-0.1, -0.05) is 27.7 Å². The molecule has 3 rings (SSSR count). The standard InChI is InChI=1S/C19H26N2O7S/c1-10(2)15(23)26-9-12-14(28-16(24)11(3)4)19(6-8-29-19)17(27-12)21-7-5-13(22)20-18(21)25/h5,7,10-12,14,17H,6,8-9H2,1-4H3,(H,20,22,25). The monoisotopic (exact) mass is 426 g/mol. The zero-order chi connectivity index (χ0) is 21.3. The summed E-state index contributed by atoms with van der Waals surface area (Å²) in [5.74, 6) is -0.613. The second kappa shape index (κ2) is 8.35. The highest BCUT2D eigenvalue weighted by molar-refractivity contribution is 8.02. The number of esters is 2. The van der Waals surface area contributed by atoms with Gasteiger partial charge in [-0.2, -0.15) is 0 Å². The van der Waals surface area contributed by atoms with E-state index in [1.54, 1.807) is 39.5 Å². The van der Waals surface area contributed by atoms with Crippen molar-refractivity contribution >= 4 is 23.7 Å². The first kappa shape index (κ1) is 21.6. The fourth-order valence-corrected chi connectivity index (χ4v) is 4.72. The van der Waals surface area contributed by atoms with Gasteiger partial charge in [0.15, 0.2) is 12.3 Å². The predicted molar refractivity (Wildman–Crippen MR) is 106 cm³/mol. The molecular formula is C19H26N2O7S. The molecule has 9 nitrogen and oxygen atoms in total. The normalized spacial score (nSPS) is 28.6. The van der Waals surface area contributed by atoms with E-state index in [0.29, 0.717) is 6.42 Å². The van der Waals surface area contributed by atoms with E-state index in [0.717, 1.165) is 5.75 Å². The fourth-order valence-electron chi connectivity index (χ4n) is 3.37. The average molecular weight is 426 g/mol. The number of carbonyl (C=O) groups is 2. The molecule has 0 saturated carbocycles. The van der Waals surface area contributed by atoms with Crippen LogP contribution in [0.3, 0.4) is 0 Å². The third kappa shape index (κ3) is 4.13. The third-order valence-corrected chi connectivity index (χ3v) is 6.67. The molecule has 0 aliphatic carbocycles. The third-order valence-electron chi connectivity index (χ3n) is 5.08. The van der Waals surface area contributed by atoms with Crippen molar-refractivity contribution in [1.29, 1.82) is 0 Å². The highest BCUT2D eigenvalue weighted by Crippen LogP contribution is 2.57. The lowest BCUT2D eigenvalue weighted by Gasteiger charge is -2.44. The first-order valence-electron chi connectivity index (χ1n) is 9.63. The van der Waals surface area contributed by atoms with Crippen LogP contribution < -0.4 is 11.2 Å². The van der Waals surface area contributed by atoms with Crippen molar-refractivity contribution in [3.05, 3.63) is 33.1 Å². The molecule has 4 atom stereocenters. The van der Waals surface area contributed by atoms with Gasteiger partial charge in [0.1, 0.15) is 17.5 Å². The van der Waals surface area contributed by atoms with Gasteiger partial charge >= 0.3 is 17.6 Å². The first-order chi connectivity index (χ1) is 13.7. The first-order valence-corrected chi connectivity index (χ1v) is 10.6. The number of hydrogen-bond acceptors (Lipinski definition) is 8. The van der Waals surface area contributed by atoms with E-state index in [-0.39, 0.29) is 30.4 Å². The lowest BCUT2D eigenvalue weighted by molar-refractivity contribution is -0.162. The Morgan fingerprint density at radius 3 is 2.45 bits per heavy atom. The summed E-state index contributed by atoms with van der Waals surface area (Å²) >= 11 is 1.54. The molecule has 0 radical (unpaired) electrons. The summed E-state index contributed by atoms with van der Waals surface area (Å²) in [4.78, 5) is 50.4. The van der Waals surface area contributed by atoms with Crippen LogP contribution in [0.15, 0.2) is 21.9 Å². The van der Waals surface area contributed by atoms with Crippen LogP contribution in [0.2, 0.25) is 0 Å². The Bertz CT molecular complexity index is 887. The maximum Gasteiger partial charge on any atom is 0.330 e. The number of carbonyl (C=O) groups excluding carboxylic acids is 2. The molecule has 2 fully saturated rings. The van der Waals surface area contributed by atoms with Crippen LogP contribution in [0.1, 0.15) is 40.3 Å². The minimum atomic E-state index is -0.765. The molecule has 1 N–H and O–H groups in total. The van der Waals surface area contributed by atoms with E-state index in [4.69, 9.17) is 14.2 Å². The van der Waals surface area contributed by atoms with Crippen molar-refractivity contribution in [3.8, 4) is 0 Å². The molecule has 1 aromatic heterocycles. The number of H-pyrrole nitrogens is 1. The minimum Gasteiger partial charge on any atom is -0.463 e. The summed E-state index contributed by atoms with van der Waals surface area (Å²) < 4.78 is 17.9. The van der Waals surface area contributed by atoms with E-state index in [9.17, 15) is 19.2 Å². The Morgan fingerprint density at radius 1 is 1.28 bits per heavy atom. The summed E-state index contributed by atoms with van der Waals surface area (Å²) in [6.45, 7) is 6.82. The number of aromatic nitrogens is 2. The van der Waals surface area contributed by atoms with Crippen molar-refractivity contribution in [2.45, 2.75) is 57.3 Å². The van der Waals surface area contributed by atoms with E-state index in [1.165, 1.54) is 16.8 Å². The molecule has 1 spiro atoms. The summed E-state index contributed by atoms with van der Waals surface area (Å²) in [7, 11) is 0. The Morgan fingerprint density at radius 2 is 1.93 bits per heavy atom. The van der Waals surface area contributed by atoms with Crippen molar-refractivity contribution < 1.29 is 23.8 Å². The zero-order valence-electron chi connectivity index (χ0n) is 16.9. The summed E-state index contributed by atoms with van der Waals surface area (Å²) in [5.41, 5.74) is -1.12. The number of aromatic amines is 1. The molecule has 2 aliphatic rings. The van der Waals surface area contributed by atoms with Gasteiger partial charge < -0.3 is 14.2 Å². The van der Waals surface area contributed by atoms with E-state index in [1.807, 2.05) is 0 Å². The highest BCUT2D eigenvalue weighted by atomic mass is 32.2. The maximum absolute atomic E-state index is 12.4. The van der Waals surface area contributed by atoms with Crippen LogP contribution in [0.4, 0.5) is 0 Å². The van der Waals surface area contributed by atoms with Gasteiger partial charge in [0.2, 0.25) is 0 Å². The Labute approximate surface area is 172 Å². The quantitative estimate of drug-likeness (QED) is 0.672. The van der Waals surface area contributed by atoms with Crippen LogP contribution in [-0.4, -0.2) is 50.8 Å². The van der Waals surface area contributed by atoms with Gasteiger partial charge in [0.05, 0.1) is 11.8 Å². The molecule has 4 unspecified atom stereocenters. The van der Waals surface area contributed by atoms with Gasteiger partial charge in [-0.15, -0.1) is 11.8 Å². The number of thioether (sulfide) groups is 1. The molecule has 3 heterocycles. The molecule has 2 aliphatic heterocycles. The van der Waals surface area contributed by atoms with Crippen LogP contribution in [0, 0.1) is 11.8 Å². The van der Waals surface area contributed by atoms with Crippen LogP contribution in [0.5, 0.6) is 0 Å². The van der Waals surface area contributed by atoms with Crippen molar-refractivity contribution in [1.82, 2.24) is 9.55 Å². The topological polar surface area (TPSA) is 117 Å². The van der Waals surface area contributed by atoms with Crippen molar-refractivity contribution in [3.63, 3.8) is 0 Å². The molecule has 1 aromatic rings. The van der Waals surface area contributed by atoms with Gasteiger partial charge in [0, 0.05) is 12.3 Å². The smallest absolute Gasteiger partial charge is 0.330 e. The summed E-state index contributed by atoms with van der Waals surface area (Å²) in [6.07, 6.45) is -0.162. The molecule has 10 heteroatoms. The minimum absolute atomic E-state index is 0.0933. The van der Waals surface area contributed by atoms with Crippen LogP contribution in [0.25, 0.3) is 0 Å². The van der Waals surface area contributed by atoms with Gasteiger partial charge in [-0.25, -0.2) is 4.79 Å². The molecule has 0 bridgehead atoms. The maximum atomic E-state index is 12.4. The fraction of sp³-hybridized carbons (Fsp3) is 0.684. The molecule has 0 aromatic carbocycles. The Hall–Kier alpha value is -2.07. The van der Waals surface area contributed by atoms with E-state index < -0.39 is 34.4 Å². The second-order valence-electron chi connectivity index (χ2n) is 7.89. The summed E-state index contributed by atoms with van der Waals surface area (Å²) in [6, 6.07) is 1.24. The molecule has 2 saturated heterocycles. The average Bonchev–Trinajstić information content (AvgIpc) is 2.93. The SMILES string of the molecule is CC(C)C(=O)OCC1OC(n2ccc(=O)[nH]c2=O)C2(CCS2)C1OC(=O)C(C)C. The Balaban J connectivity index is 1.94. The highest BCUT2D eigenvalue weighted by Gasteiger charge is 2.63. The van der Waals surface area contributed by atoms with E-state index in [2.05, 4.69) is 4.98 Å². The van der Waals surface area contributed by atoms with Gasteiger partial charge in [0.25, 0.3) is 5.56 Å². The Kier molecular flexibility index (Phi) is 6.23. The number of ether oxygens (including phenoxy) is 3. The molecular weight excluding hydrogens is 400 g/mol. The van der Waals surface area contributed by atoms with Crippen LogP contribution >= 0.6 is 11.8 Å². The number of nitrogens with one attached hydrogen (secondary N) is 1. The number of hydrogen-bond donors (Lipinski definition) is 1. The van der Waals surface area contributed by atoms with Crippen molar-refractivity contribution in [2.75, 3.05) is 12.4 Å². The van der Waals surface area contributed by atoms with Crippen molar-refractivity contribution in [2.24, 2.45) is 11.8 Å². The predicted octanol–water partition coefficient (Wildman–Crippen LogP) is 1.08. The van der Waals surface area contributed by atoms with E-state index >= 15 is 0 Å². The summed E-state index contributed by atoms with van der Waals surface area (Å²) in [5, 5.41) is 0. The number of nitrogens with zero attached hydrogens (tertiary/aromatic N) is 1.